The molecule has 2 N–H and O–H groups in total. The Morgan fingerprint density at radius 3 is 2.57 bits per heavy atom. The van der Waals surface area contributed by atoms with Crippen LogP contribution in [0.2, 0.25) is 0 Å². The monoisotopic (exact) mass is 314 g/mol. The highest BCUT2D eigenvalue weighted by Crippen LogP contribution is 2.31. The molecule has 0 saturated carbocycles. The van der Waals surface area contributed by atoms with Gasteiger partial charge < -0.3 is 5.73 Å². The number of piperidine rings is 1. The van der Waals surface area contributed by atoms with E-state index in [0.717, 1.165) is 18.4 Å². The van der Waals surface area contributed by atoms with Gasteiger partial charge in [0, 0.05) is 18.6 Å². The van der Waals surface area contributed by atoms with E-state index >= 15 is 0 Å². The van der Waals surface area contributed by atoms with Crippen LogP contribution in [0.5, 0.6) is 0 Å². The van der Waals surface area contributed by atoms with E-state index < -0.39 is 15.6 Å². The van der Waals surface area contributed by atoms with Gasteiger partial charge in [0.15, 0.2) is 0 Å². The van der Waals surface area contributed by atoms with Gasteiger partial charge in [-0.05, 0) is 49.8 Å². The van der Waals surface area contributed by atoms with Gasteiger partial charge in [-0.1, -0.05) is 12.1 Å². The van der Waals surface area contributed by atoms with Gasteiger partial charge in [0.25, 0.3) is 0 Å². The Morgan fingerprint density at radius 1 is 1.38 bits per heavy atom. The Hall–Kier alpha value is -0.980. The number of sulfonamides is 1. The van der Waals surface area contributed by atoms with E-state index in [2.05, 4.69) is 0 Å². The molecule has 0 spiro atoms. The van der Waals surface area contributed by atoms with Crippen molar-refractivity contribution in [1.29, 1.82) is 0 Å². The molecule has 21 heavy (non-hydrogen) atoms. The molecule has 4 nitrogen and oxygen atoms in total. The molecule has 1 aromatic carbocycles. The SMILES string of the molecule is CC(N)(CC1CCCN(S(C)(=O)=O)C1)c1ccc(F)cc1. The second kappa shape index (κ2) is 6.02. The Labute approximate surface area is 126 Å². The van der Waals surface area contributed by atoms with E-state index in [9.17, 15) is 12.8 Å². The maximum absolute atomic E-state index is 13.0. The minimum atomic E-state index is -3.14. The van der Waals surface area contributed by atoms with E-state index in [-0.39, 0.29) is 11.7 Å². The summed E-state index contributed by atoms with van der Waals surface area (Å²) in [7, 11) is -3.14. The summed E-state index contributed by atoms with van der Waals surface area (Å²) in [5.74, 6) is -0.0519. The van der Waals surface area contributed by atoms with Gasteiger partial charge in [-0.25, -0.2) is 17.1 Å². The summed E-state index contributed by atoms with van der Waals surface area (Å²) < 4.78 is 37.8. The van der Waals surface area contributed by atoms with Crippen molar-refractivity contribution in [1.82, 2.24) is 4.31 Å². The van der Waals surface area contributed by atoms with Crippen molar-refractivity contribution in [2.24, 2.45) is 11.7 Å². The molecule has 6 heteroatoms. The highest BCUT2D eigenvalue weighted by atomic mass is 32.2. The molecule has 1 aliphatic heterocycles. The van der Waals surface area contributed by atoms with Crippen molar-refractivity contribution < 1.29 is 12.8 Å². The zero-order chi connectivity index (χ0) is 15.7. The molecule has 0 amide bonds. The highest BCUT2D eigenvalue weighted by Gasteiger charge is 2.31. The summed E-state index contributed by atoms with van der Waals surface area (Å²) in [5.41, 5.74) is 6.67. The fourth-order valence-corrected chi connectivity index (χ4v) is 3.99. The first-order chi connectivity index (χ1) is 9.68. The van der Waals surface area contributed by atoms with Crippen LogP contribution in [0.25, 0.3) is 0 Å². The third kappa shape index (κ3) is 4.25. The van der Waals surface area contributed by atoms with Crippen LogP contribution >= 0.6 is 0 Å². The first-order valence-electron chi connectivity index (χ1n) is 7.18. The van der Waals surface area contributed by atoms with E-state index in [1.807, 2.05) is 6.92 Å². The summed E-state index contributed by atoms with van der Waals surface area (Å²) in [6.45, 7) is 3.03. The van der Waals surface area contributed by atoms with Crippen molar-refractivity contribution in [2.75, 3.05) is 19.3 Å². The molecular weight excluding hydrogens is 291 g/mol. The normalized spacial score (nSPS) is 23.7. The number of nitrogens with zero attached hydrogens (tertiary/aromatic N) is 1. The average Bonchev–Trinajstić information content (AvgIpc) is 2.38. The van der Waals surface area contributed by atoms with Crippen LogP contribution in [-0.4, -0.2) is 32.1 Å². The van der Waals surface area contributed by atoms with Gasteiger partial charge in [-0.15, -0.1) is 0 Å². The number of hydrogen-bond acceptors (Lipinski definition) is 3. The third-order valence-corrected chi connectivity index (χ3v) is 5.44. The summed E-state index contributed by atoms with van der Waals surface area (Å²) in [4.78, 5) is 0. The summed E-state index contributed by atoms with van der Waals surface area (Å²) in [5, 5.41) is 0. The Bertz CT molecular complexity index is 584. The van der Waals surface area contributed by atoms with E-state index in [1.165, 1.54) is 22.7 Å². The average molecular weight is 314 g/mol. The lowest BCUT2D eigenvalue weighted by atomic mass is 9.81. The lowest BCUT2D eigenvalue weighted by molar-refractivity contribution is 0.221. The standard InChI is InChI=1S/C15H23FN2O2S/c1-15(17,13-5-7-14(16)8-6-13)10-12-4-3-9-18(11-12)21(2,19)20/h5-8,12H,3-4,9-11,17H2,1-2H3. The van der Waals surface area contributed by atoms with Crippen LogP contribution in [0, 0.1) is 11.7 Å². The van der Waals surface area contributed by atoms with Gasteiger partial charge in [0.05, 0.1) is 6.26 Å². The highest BCUT2D eigenvalue weighted by molar-refractivity contribution is 7.88. The Kier molecular flexibility index (Phi) is 4.70. The van der Waals surface area contributed by atoms with Gasteiger partial charge in [0.1, 0.15) is 5.82 Å². The van der Waals surface area contributed by atoms with Crippen LogP contribution in [0.1, 0.15) is 31.7 Å². The first kappa shape index (κ1) is 16.4. The molecule has 0 bridgehead atoms. The molecule has 0 radical (unpaired) electrons. The zero-order valence-electron chi connectivity index (χ0n) is 12.5. The Balaban J connectivity index is 2.07. The zero-order valence-corrected chi connectivity index (χ0v) is 13.4. The number of halogens is 1. The number of benzene rings is 1. The van der Waals surface area contributed by atoms with Crippen LogP contribution in [-0.2, 0) is 15.6 Å². The molecule has 1 heterocycles. The van der Waals surface area contributed by atoms with Gasteiger partial charge in [-0.3, -0.25) is 0 Å². The maximum atomic E-state index is 13.0. The number of rotatable bonds is 4. The molecule has 1 fully saturated rings. The lowest BCUT2D eigenvalue weighted by Crippen LogP contribution is -2.43. The van der Waals surface area contributed by atoms with E-state index in [4.69, 9.17) is 5.73 Å². The van der Waals surface area contributed by atoms with E-state index in [1.54, 1.807) is 12.1 Å². The molecule has 2 unspecified atom stereocenters. The van der Waals surface area contributed by atoms with E-state index in [0.29, 0.717) is 19.5 Å². The van der Waals surface area contributed by atoms with Crippen LogP contribution in [0.3, 0.4) is 0 Å². The van der Waals surface area contributed by atoms with Gasteiger partial charge >= 0.3 is 0 Å². The van der Waals surface area contributed by atoms with Crippen molar-refractivity contribution >= 4 is 10.0 Å². The maximum Gasteiger partial charge on any atom is 0.211 e. The van der Waals surface area contributed by atoms with Crippen molar-refractivity contribution in [2.45, 2.75) is 31.7 Å². The molecule has 1 aromatic rings. The summed E-state index contributed by atoms with van der Waals surface area (Å²) >= 11 is 0. The molecule has 2 rings (SSSR count). The van der Waals surface area contributed by atoms with Crippen molar-refractivity contribution in [3.05, 3.63) is 35.6 Å². The first-order valence-corrected chi connectivity index (χ1v) is 9.03. The lowest BCUT2D eigenvalue weighted by Gasteiger charge is -2.36. The minimum Gasteiger partial charge on any atom is -0.322 e. The molecule has 118 valence electrons. The molecule has 2 atom stereocenters. The predicted molar refractivity (Wildman–Crippen MR) is 81.7 cm³/mol. The molecule has 0 aromatic heterocycles. The number of hydrogen-bond donors (Lipinski definition) is 1. The largest absolute Gasteiger partial charge is 0.322 e. The third-order valence-electron chi connectivity index (χ3n) is 4.17. The number of nitrogens with two attached hydrogens (primary N) is 1. The molecule has 1 saturated heterocycles. The fourth-order valence-electron chi connectivity index (χ4n) is 3.04. The summed E-state index contributed by atoms with van der Waals surface area (Å²) in [6, 6.07) is 6.22. The topological polar surface area (TPSA) is 63.4 Å². The van der Waals surface area contributed by atoms with Crippen molar-refractivity contribution in [3.8, 4) is 0 Å². The fraction of sp³-hybridized carbons (Fsp3) is 0.600. The van der Waals surface area contributed by atoms with Crippen LogP contribution in [0.15, 0.2) is 24.3 Å². The second-order valence-corrected chi connectivity index (χ2v) is 8.24. The molecule has 0 aliphatic carbocycles. The minimum absolute atomic E-state index is 0.230. The van der Waals surface area contributed by atoms with Crippen LogP contribution in [0.4, 0.5) is 4.39 Å². The van der Waals surface area contributed by atoms with Crippen LogP contribution < -0.4 is 5.73 Å². The molecule has 1 aliphatic rings. The Morgan fingerprint density at radius 2 is 2.00 bits per heavy atom. The predicted octanol–water partition coefficient (Wildman–Crippen LogP) is 2.06. The van der Waals surface area contributed by atoms with Crippen molar-refractivity contribution in [3.63, 3.8) is 0 Å². The van der Waals surface area contributed by atoms with Gasteiger partial charge in [-0.2, -0.15) is 0 Å². The smallest absolute Gasteiger partial charge is 0.211 e. The van der Waals surface area contributed by atoms with Gasteiger partial charge in [0.2, 0.25) is 10.0 Å². The second-order valence-electron chi connectivity index (χ2n) is 6.26. The quantitative estimate of drug-likeness (QED) is 0.925. The molecular formula is C15H23FN2O2S. The summed E-state index contributed by atoms with van der Waals surface area (Å²) in [6.07, 6.45) is 3.76.